The Kier molecular flexibility index (Phi) is 4.63. The summed E-state index contributed by atoms with van der Waals surface area (Å²) in [6.07, 6.45) is 1.78. The fourth-order valence-corrected chi connectivity index (χ4v) is 3.33. The van der Waals surface area contributed by atoms with E-state index in [4.69, 9.17) is 5.11 Å². The number of carbonyl (C=O) groups excluding carboxylic acids is 1. The van der Waals surface area contributed by atoms with Crippen LogP contribution in [0.5, 0.6) is 0 Å². The Morgan fingerprint density at radius 3 is 2.78 bits per heavy atom. The molecule has 1 saturated heterocycles. The Bertz CT molecular complexity index is 609. The number of anilines is 1. The Morgan fingerprint density at radius 1 is 1.35 bits per heavy atom. The number of hydrogen-bond donors (Lipinski definition) is 3. The van der Waals surface area contributed by atoms with Crippen molar-refractivity contribution in [1.29, 1.82) is 0 Å². The largest absolute Gasteiger partial charge is 0.481 e. The van der Waals surface area contributed by atoms with E-state index in [9.17, 15) is 14.7 Å². The predicted molar refractivity (Wildman–Crippen MR) is 85.2 cm³/mol. The summed E-state index contributed by atoms with van der Waals surface area (Å²) in [6.45, 7) is 2.29. The highest BCUT2D eigenvalue weighted by Crippen LogP contribution is 2.28. The Balaban J connectivity index is 1.50. The van der Waals surface area contributed by atoms with Crippen LogP contribution in [0.1, 0.15) is 36.5 Å². The maximum Gasteiger partial charge on any atom is 0.306 e. The molecule has 2 aliphatic rings. The number of aliphatic carboxylic acids is 1. The molecule has 0 spiro atoms. The molecule has 124 valence electrons. The van der Waals surface area contributed by atoms with E-state index in [1.807, 2.05) is 18.2 Å². The number of piperidine rings is 1. The summed E-state index contributed by atoms with van der Waals surface area (Å²) in [7, 11) is 0. The van der Waals surface area contributed by atoms with Crippen molar-refractivity contribution in [3.05, 3.63) is 29.3 Å². The van der Waals surface area contributed by atoms with Gasteiger partial charge in [0, 0.05) is 12.2 Å². The van der Waals surface area contributed by atoms with Crippen LogP contribution in [-0.4, -0.2) is 46.6 Å². The minimum Gasteiger partial charge on any atom is -0.481 e. The van der Waals surface area contributed by atoms with Crippen molar-refractivity contribution >= 4 is 17.6 Å². The van der Waals surface area contributed by atoms with Gasteiger partial charge in [0.15, 0.2) is 0 Å². The highest BCUT2D eigenvalue weighted by molar-refractivity contribution is 5.99. The third-order valence-electron chi connectivity index (χ3n) is 4.79. The molecule has 1 unspecified atom stereocenters. The minimum atomic E-state index is -0.703. The average molecular weight is 318 g/mol. The molecule has 3 rings (SSSR count). The summed E-state index contributed by atoms with van der Waals surface area (Å²) in [5.74, 6) is -0.933. The van der Waals surface area contributed by atoms with E-state index in [0.29, 0.717) is 25.7 Å². The first-order valence-corrected chi connectivity index (χ1v) is 8.09. The van der Waals surface area contributed by atoms with Gasteiger partial charge in [-0.25, -0.2) is 0 Å². The number of fused-ring (bicyclic) bond motifs is 1. The maximum atomic E-state index is 11.4. The molecule has 3 N–H and O–H groups in total. The average Bonchev–Trinajstić information content (AvgIpc) is 2.92. The second kappa shape index (κ2) is 6.68. The number of amides is 1. The van der Waals surface area contributed by atoms with Gasteiger partial charge in [0.05, 0.1) is 18.4 Å². The number of aliphatic hydroxyl groups excluding tert-OH is 1. The molecule has 6 nitrogen and oxygen atoms in total. The normalized spacial score (nSPS) is 20.1. The number of aliphatic hydroxyl groups is 1. The molecule has 1 amide bonds. The first-order chi connectivity index (χ1) is 11.0. The topological polar surface area (TPSA) is 89.9 Å². The fourth-order valence-electron chi connectivity index (χ4n) is 3.33. The molecule has 0 saturated carbocycles. The van der Waals surface area contributed by atoms with Crippen LogP contribution >= 0.6 is 0 Å². The van der Waals surface area contributed by atoms with Gasteiger partial charge < -0.3 is 20.4 Å². The van der Waals surface area contributed by atoms with E-state index in [2.05, 4.69) is 10.2 Å². The third kappa shape index (κ3) is 3.71. The smallest absolute Gasteiger partial charge is 0.306 e. The summed E-state index contributed by atoms with van der Waals surface area (Å²) in [6, 6.07) is 5.59. The summed E-state index contributed by atoms with van der Waals surface area (Å²) in [5, 5.41) is 22.1. The van der Waals surface area contributed by atoms with Crippen molar-refractivity contribution in [3.63, 3.8) is 0 Å². The zero-order valence-corrected chi connectivity index (χ0v) is 13.0. The number of carboxylic acid groups (broad SMARTS) is 1. The first kappa shape index (κ1) is 16.0. The molecule has 2 aliphatic heterocycles. The quantitative estimate of drug-likeness (QED) is 0.763. The maximum absolute atomic E-state index is 11.4. The molecule has 0 aromatic heterocycles. The van der Waals surface area contributed by atoms with Crippen molar-refractivity contribution in [3.8, 4) is 0 Å². The van der Waals surface area contributed by atoms with Crippen LogP contribution in [0.4, 0.5) is 5.69 Å². The van der Waals surface area contributed by atoms with E-state index in [-0.39, 0.29) is 11.8 Å². The van der Waals surface area contributed by atoms with Crippen LogP contribution in [0.2, 0.25) is 0 Å². The number of carbonyl (C=O) groups is 2. The molecule has 1 fully saturated rings. The number of nitrogens with zero attached hydrogens (tertiary/aromatic N) is 1. The lowest BCUT2D eigenvalue weighted by Crippen LogP contribution is -2.37. The summed E-state index contributed by atoms with van der Waals surface area (Å²) >= 11 is 0. The SMILES string of the molecule is O=C1Cc2cc(C(O)CCN3CCC(C(=O)O)CC3)ccc2N1. The number of likely N-dealkylation sites (tertiary alicyclic amines) is 1. The van der Waals surface area contributed by atoms with Crippen molar-refractivity contribution in [2.24, 2.45) is 5.92 Å². The fraction of sp³-hybridized carbons (Fsp3) is 0.529. The van der Waals surface area contributed by atoms with Gasteiger partial charge in [-0.3, -0.25) is 9.59 Å². The monoisotopic (exact) mass is 318 g/mol. The van der Waals surface area contributed by atoms with Crippen molar-refractivity contribution in [1.82, 2.24) is 4.90 Å². The number of benzene rings is 1. The molecular weight excluding hydrogens is 296 g/mol. The van der Waals surface area contributed by atoms with Crippen LogP contribution in [0.3, 0.4) is 0 Å². The van der Waals surface area contributed by atoms with Gasteiger partial charge in [0.2, 0.25) is 5.91 Å². The van der Waals surface area contributed by atoms with Crippen molar-refractivity contribution in [2.45, 2.75) is 31.8 Å². The lowest BCUT2D eigenvalue weighted by atomic mass is 9.96. The molecule has 2 heterocycles. The molecule has 1 atom stereocenters. The second-order valence-corrected chi connectivity index (χ2v) is 6.40. The Labute approximate surface area is 135 Å². The van der Waals surface area contributed by atoms with Gasteiger partial charge in [-0.2, -0.15) is 0 Å². The van der Waals surface area contributed by atoms with Crippen LogP contribution in [0.25, 0.3) is 0 Å². The van der Waals surface area contributed by atoms with Crippen LogP contribution in [0.15, 0.2) is 18.2 Å². The number of carboxylic acids is 1. The number of hydrogen-bond acceptors (Lipinski definition) is 4. The first-order valence-electron chi connectivity index (χ1n) is 8.09. The predicted octanol–water partition coefficient (Wildman–Crippen LogP) is 1.40. The van der Waals surface area contributed by atoms with E-state index < -0.39 is 12.1 Å². The highest BCUT2D eigenvalue weighted by atomic mass is 16.4. The lowest BCUT2D eigenvalue weighted by molar-refractivity contribution is -0.143. The molecule has 6 heteroatoms. The zero-order valence-electron chi connectivity index (χ0n) is 13.0. The van der Waals surface area contributed by atoms with E-state index in [1.54, 1.807) is 0 Å². The Hall–Kier alpha value is -1.92. The minimum absolute atomic E-state index is 0.00654. The van der Waals surface area contributed by atoms with Gasteiger partial charge in [0.1, 0.15) is 0 Å². The zero-order chi connectivity index (χ0) is 16.4. The molecule has 0 radical (unpaired) electrons. The van der Waals surface area contributed by atoms with Gasteiger partial charge in [-0.15, -0.1) is 0 Å². The molecular formula is C17H22N2O4. The van der Waals surface area contributed by atoms with Crippen molar-refractivity contribution in [2.75, 3.05) is 25.0 Å². The van der Waals surface area contributed by atoms with Gasteiger partial charge in [-0.05, 0) is 49.5 Å². The van der Waals surface area contributed by atoms with Gasteiger partial charge >= 0.3 is 5.97 Å². The van der Waals surface area contributed by atoms with E-state index >= 15 is 0 Å². The van der Waals surface area contributed by atoms with Crippen molar-refractivity contribution < 1.29 is 19.8 Å². The van der Waals surface area contributed by atoms with Crippen LogP contribution < -0.4 is 5.32 Å². The summed E-state index contributed by atoms with van der Waals surface area (Å²) in [4.78, 5) is 24.5. The van der Waals surface area contributed by atoms with Gasteiger partial charge in [0.25, 0.3) is 0 Å². The lowest BCUT2D eigenvalue weighted by Gasteiger charge is -2.30. The molecule has 1 aromatic carbocycles. The summed E-state index contributed by atoms with van der Waals surface area (Å²) < 4.78 is 0. The molecule has 0 bridgehead atoms. The number of nitrogens with one attached hydrogen (secondary N) is 1. The highest BCUT2D eigenvalue weighted by Gasteiger charge is 2.25. The van der Waals surface area contributed by atoms with Crippen LogP contribution in [0, 0.1) is 5.92 Å². The molecule has 0 aliphatic carbocycles. The molecule has 23 heavy (non-hydrogen) atoms. The number of rotatable bonds is 5. The summed E-state index contributed by atoms with van der Waals surface area (Å²) in [5.41, 5.74) is 2.61. The van der Waals surface area contributed by atoms with E-state index in [1.165, 1.54) is 0 Å². The third-order valence-corrected chi connectivity index (χ3v) is 4.79. The Morgan fingerprint density at radius 2 is 2.09 bits per heavy atom. The van der Waals surface area contributed by atoms with Gasteiger partial charge in [-0.1, -0.05) is 12.1 Å². The van der Waals surface area contributed by atoms with E-state index in [0.717, 1.165) is 36.4 Å². The molecule has 1 aromatic rings. The van der Waals surface area contributed by atoms with Crippen LogP contribution in [-0.2, 0) is 16.0 Å². The standard InChI is InChI=1S/C17H22N2O4/c20-15(5-8-19-6-3-11(4-7-19)17(22)23)12-1-2-14-13(9-12)10-16(21)18-14/h1-2,9,11,15,20H,3-8,10H2,(H,18,21)(H,22,23). The second-order valence-electron chi connectivity index (χ2n) is 6.40.